The van der Waals surface area contributed by atoms with Gasteiger partial charge in [0.25, 0.3) is 0 Å². The molecule has 3 rings (SSSR count). The number of amides is 3. The van der Waals surface area contributed by atoms with Crippen molar-refractivity contribution in [2.24, 2.45) is 11.1 Å². The molecule has 2 fully saturated rings. The molecule has 1 aromatic rings. The van der Waals surface area contributed by atoms with Gasteiger partial charge >= 0.3 is 0 Å². The highest BCUT2D eigenvalue weighted by Crippen LogP contribution is 2.40. The van der Waals surface area contributed by atoms with Crippen molar-refractivity contribution in [3.8, 4) is 0 Å². The van der Waals surface area contributed by atoms with Crippen molar-refractivity contribution in [3.63, 3.8) is 0 Å². The van der Waals surface area contributed by atoms with Gasteiger partial charge in [-0.1, -0.05) is 6.07 Å². The highest BCUT2D eigenvalue weighted by atomic mass is 16.2. The van der Waals surface area contributed by atoms with Gasteiger partial charge in [0.2, 0.25) is 17.7 Å². The fourth-order valence-corrected chi connectivity index (χ4v) is 4.14. The Bertz CT molecular complexity index is 684. The molecule has 0 aliphatic carbocycles. The van der Waals surface area contributed by atoms with Gasteiger partial charge < -0.3 is 15.5 Å². The second-order valence-corrected chi connectivity index (χ2v) is 7.77. The Hall–Kier alpha value is -2.44. The third kappa shape index (κ3) is 5.05. The largest absolute Gasteiger partial charge is 0.370 e. The van der Waals surface area contributed by atoms with Crippen molar-refractivity contribution >= 4 is 17.7 Å². The number of carbonyl (C=O) groups excluding carboxylic acids is 3. The van der Waals surface area contributed by atoms with Crippen LogP contribution in [0.2, 0.25) is 0 Å². The molecule has 7 nitrogen and oxygen atoms in total. The van der Waals surface area contributed by atoms with E-state index in [-0.39, 0.29) is 30.1 Å². The molecule has 0 unspecified atom stereocenters. The van der Waals surface area contributed by atoms with E-state index < -0.39 is 5.91 Å². The number of piperidine rings is 2. The van der Waals surface area contributed by atoms with Gasteiger partial charge in [-0.05, 0) is 42.7 Å². The zero-order valence-corrected chi connectivity index (χ0v) is 15.7. The number of rotatable bonds is 6. The lowest BCUT2D eigenvalue weighted by Gasteiger charge is -2.47. The zero-order valence-electron chi connectivity index (χ0n) is 15.7. The van der Waals surface area contributed by atoms with Crippen LogP contribution in [0.1, 0.15) is 44.1 Å². The summed E-state index contributed by atoms with van der Waals surface area (Å²) in [6.45, 7) is 2.88. The normalized spacial score (nSPS) is 19.3. The van der Waals surface area contributed by atoms with E-state index in [9.17, 15) is 14.4 Å². The number of nitrogens with two attached hydrogens (primary N) is 1. The number of nitrogens with zero attached hydrogens (tertiary/aromatic N) is 3. The number of carbonyl (C=O) groups is 3. The summed E-state index contributed by atoms with van der Waals surface area (Å²) in [4.78, 5) is 43.4. The fourth-order valence-electron chi connectivity index (χ4n) is 4.14. The lowest BCUT2D eigenvalue weighted by molar-refractivity contribution is -0.142. The fraction of sp³-hybridized carbons (Fsp3) is 0.600. The van der Waals surface area contributed by atoms with Crippen LogP contribution in [0.15, 0.2) is 24.5 Å². The van der Waals surface area contributed by atoms with E-state index >= 15 is 0 Å². The Morgan fingerprint density at radius 1 is 1.19 bits per heavy atom. The molecule has 3 amide bonds. The monoisotopic (exact) mass is 372 g/mol. The Morgan fingerprint density at radius 3 is 2.63 bits per heavy atom. The molecule has 1 aromatic heterocycles. The first-order valence-electron chi connectivity index (χ1n) is 9.70. The molecule has 0 saturated carbocycles. The predicted octanol–water partition coefficient (Wildman–Crippen LogP) is 1.12. The Balaban J connectivity index is 1.52. The molecule has 3 heterocycles. The quantitative estimate of drug-likeness (QED) is 0.809. The Labute approximate surface area is 159 Å². The summed E-state index contributed by atoms with van der Waals surface area (Å²) in [5.74, 6) is -0.208. The summed E-state index contributed by atoms with van der Waals surface area (Å²) in [7, 11) is 0. The summed E-state index contributed by atoms with van der Waals surface area (Å²) in [5, 5.41) is 0. The van der Waals surface area contributed by atoms with Gasteiger partial charge in [-0.25, -0.2) is 0 Å². The number of hydrogen-bond acceptors (Lipinski definition) is 4. The molecular weight excluding hydrogens is 344 g/mol. The van der Waals surface area contributed by atoms with Gasteiger partial charge in [0.1, 0.15) is 0 Å². The molecule has 1 spiro atoms. The third-order valence-corrected chi connectivity index (χ3v) is 5.90. The zero-order chi connectivity index (χ0) is 19.3. The minimum atomic E-state index is -0.438. The van der Waals surface area contributed by atoms with Crippen LogP contribution in [0.5, 0.6) is 0 Å². The van der Waals surface area contributed by atoms with Gasteiger partial charge in [-0.3, -0.25) is 19.4 Å². The first kappa shape index (κ1) is 19.3. The molecule has 0 atom stereocenters. The molecule has 27 heavy (non-hydrogen) atoms. The van der Waals surface area contributed by atoms with Crippen LogP contribution in [0.25, 0.3) is 0 Å². The van der Waals surface area contributed by atoms with E-state index in [2.05, 4.69) is 4.98 Å². The Kier molecular flexibility index (Phi) is 6.08. The van der Waals surface area contributed by atoms with Crippen LogP contribution in [-0.2, 0) is 20.8 Å². The van der Waals surface area contributed by atoms with Crippen LogP contribution in [0.4, 0.5) is 0 Å². The molecule has 146 valence electrons. The molecule has 2 aliphatic rings. The van der Waals surface area contributed by atoms with E-state index in [0.29, 0.717) is 26.1 Å². The van der Waals surface area contributed by atoms with Crippen molar-refractivity contribution in [1.29, 1.82) is 0 Å². The van der Waals surface area contributed by atoms with E-state index in [0.717, 1.165) is 37.8 Å². The highest BCUT2D eigenvalue weighted by molar-refractivity contribution is 5.83. The highest BCUT2D eigenvalue weighted by Gasteiger charge is 2.41. The summed E-state index contributed by atoms with van der Waals surface area (Å²) in [5.41, 5.74) is 6.38. The lowest BCUT2D eigenvalue weighted by atomic mass is 9.72. The molecule has 2 aliphatic heterocycles. The smallest absolute Gasteiger partial charge is 0.223 e. The van der Waals surface area contributed by atoms with E-state index in [4.69, 9.17) is 5.73 Å². The summed E-state index contributed by atoms with van der Waals surface area (Å²) < 4.78 is 0. The van der Waals surface area contributed by atoms with E-state index in [1.165, 1.54) is 0 Å². The SMILES string of the molecule is NC(=O)CCC(=O)N1CCC2(CCC(=O)N(CCc3cccnc3)C2)CC1. The number of primary amides is 1. The molecule has 0 aromatic carbocycles. The maximum absolute atomic E-state index is 12.4. The van der Waals surface area contributed by atoms with Crippen LogP contribution in [0.3, 0.4) is 0 Å². The number of hydrogen-bond donors (Lipinski definition) is 1. The third-order valence-electron chi connectivity index (χ3n) is 5.90. The van der Waals surface area contributed by atoms with Gasteiger partial charge in [-0.15, -0.1) is 0 Å². The van der Waals surface area contributed by atoms with Crippen molar-refractivity contribution in [1.82, 2.24) is 14.8 Å². The van der Waals surface area contributed by atoms with Gasteiger partial charge in [0.15, 0.2) is 0 Å². The molecule has 2 N–H and O–H groups in total. The first-order chi connectivity index (χ1) is 13.0. The van der Waals surface area contributed by atoms with Crippen molar-refractivity contribution in [2.75, 3.05) is 26.2 Å². The topological polar surface area (TPSA) is 96.6 Å². The Morgan fingerprint density at radius 2 is 1.96 bits per heavy atom. The molecule has 0 radical (unpaired) electrons. The standard InChI is InChI=1S/C20H28N4O3/c21-17(25)3-4-18(26)23-12-8-20(9-13-23)7-5-19(27)24(15-20)11-6-16-2-1-10-22-14-16/h1-2,10,14H,3-9,11-13,15H2,(H2,21,25). The van der Waals surface area contributed by atoms with Gasteiger partial charge in [0.05, 0.1) is 0 Å². The van der Waals surface area contributed by atoms with Crippen molar-refractivity contribution in [3.05, 3.63) is 30.1 Å². The number of likely N-dealkylation sites (tertiary alicyclic amines) is 2. The van der Waals surface area contributed by atoms with E-state index in [1.54, 1.807) is 6.20 Å². The second kappa shape index (κ2) is 8.50. The van der Waals surface area contributed by atoms with Gasteiger partial charge in [0, 0.05) is 57.8 Å². The average Bonchev–Trinajstić information content (AvgIpc) is 2.68. The van der Waals surface area contributed by atoms with E-state index in [1.807, 2.05) is 28.1 Å². The molecular formula is C20H28N4O3. The van der Waals surface area contributed by atoms with Crippen molar-refractivity contribution in [2.45, 2.75) is 44.9 Å². The number of pyridine rings is 1. The number of aromatic nitrogens is 1. The van der Waals surface area contributed by atoms with Crippen LogP contribution in [0, 0.1) is 5.41 Å². The summed E-state index contributed by atoms with van der Waals surface area (Å²) >= 11 is 0. The van der Waals surface area contributed by atoms with Crippen LogP contribution >= 0.6 is 0 Å². The second-order valence-electron chi connectivity index (χ2n) is 7.77. The molecule has 0 bridgehead atoms. The van der Waals surface area contributed by atoms with Gasteiger partial charge in [-0.2, -0.15) is 0 Å². The van der Waals surface area contributed by atoms with Crippen molar-refractivity contribution < 1.29 is 14.4 Å². The molecule has 7 heteroatoms. The maximum atomic E-state index is 12.4. The average molecular weight is 372 g/mol. The summed E-state index contributed by atoms with van der Waals surface area (Å²) in [6.07, 6.45) is 8.02. The minimum absolute atomic E-state index is 0.00368. The summed E-state index contributed by atoms with van der Waals surface area (Å²) in [6, 6.07) is 3.95. The van der Waals surface area contributed by atoms with Crippen LogP contribution < -0.4 is 5.73 Å². The molecule has 2 saturated heterocycles. The lowest BCUT2D eigenvalue weighted by Crippen LogP contribution is -2.52. The maximum Gasteiger partial charge on any atom is 0.223 e. The first-order valence-corrected chi connectivity index (χ1v) is 9.70. The predicted molar refractivity (Wildman–Crippen MR) is 100 cm³/mol. The minimum Gasteiger partial charge on any atom is -0.370 e. The van der Waals surface area contributed by atoms with Crippen LogP contribution in [-0.4, -0.2) is 58.7 Å².